The van der Waals surface area contributed by atoms with Gasteiger partial charge < -0.3 is 14.8 Å². The van der Waals surface area contributed by atoms with Crippen molar-refractivity contribution in [1.29, 1.82) is 0 Å². The molecule has 21 heavy (non-hydrogen) atoms. The number of ether oxygens (including phenoxy) is 1. The number of hydrogen-bond donors (Lipinski definition) is 2. The minimum absolute atomic E-state index is 0.150. The number of aliphatic hydroxyl groups excluding tert-OH is 1. The molecule has 1 heterocycles. The van der Waals surface area contributed by atoms with E-state index in [1.54, 1.807) is 0 Å². The van der Waals surface area contributed by atoms with E-state index < -0.39 is 6.10 Å². The predicted octanol–water partition coefficient (Wildman–Crippen LogP) is 4.04. The molecule has 0 aliphatic carbocycles. The third kappa shape index (κ3) is 2.93. The van der Waals surface area contributed by atoms with Crippen molar-refractivity contribution in [2.24, 2.45) is 0 Å². The van der Waals surface area contributed by atoms with E-state index in [2.05, 4.69) is 4.98 Å². The molecular weight excluding hydrogens is 262 g/mol. The lowest BCUT2D eigenvalue weighted by Crippen LogP contribution is -2.06. The molecule has 0 fully saturated rings. The number of benzene rings is 2. The molecular formula is C18H19NO2. The van der Waals surface area contributed by atoms with E-state index >= 15 is 0 Å². The summed E-state index contributed by atoms with van der Waals surface area (Å²) in [6, 6.07) is 15.6. The number of hydrogen-bond acceptors (Lipinski definition) is 2. The fraction of sp³-hybridized carbons (Fsp3) is 0.222. The molecule has 3 heteroatoms. The number of rotatable bonds is 4. The van der Waals surface area contributed by atoms with Gasteiger partial charge in [0.05, 0.1) is 6.10 Å². The summed E-state index contributed by atoms with van der Waals surface area (Å²) in [5, 5.41) is 11.6. The fourth-order valence-corrected chi connectivity index (χ4v) is 2.44. The molecule has 0 radical (unpaired) electrons. The van der Waals surface area contributed by atoms with Crippen LogP contribution in [-0.2, 0) is 0 Å². The molecule has 0 aliphatic heterocycles. The van der Waals surface area contributed by atoms with Crippen LogP contribution in [0.4, 0.5) is 0 Å². The Balaban J connectivity index is 1.84. The molecule has 3 rings (SSSR count). The van der Waals surface area contributed by atoms with Crippen molar-refractivity contribution >= 4 is 10.9 Å². The summed E-state index contributed by atoms with van der Waals surface area (Å²) in [6.07, 6.45) is 1.42. The van der Waals surface area contributed by atoms with E-state index in [0.717, 1.165) is 27.8 Å². The Hall–Kier alpha value is -2.26. The highest BCUT2D eigenvalue weighted by Gasteiger charge is 2.11. The van der Waals surface area contributed by atoms with Gasteiger partial charge in [0.1, 0.15) is 11.9 Å². The SMILES string of the molecule is CC(C)Oc1ccc(C(O)c2ccc3[nH]ccc3c2)cc1. The average molecular weight is 281 g/mol. The number of nitrogens with one attached hydrogen (secondary N) is 1. The number of aliphatic hydroxyl groups is 1. The number of H-pyrrole nitrogens is 1. The summed E-state index contributed by atoms with van der Waals surface area (Å²) in [4.78, 5) is 3.15. The quantitative estimate of drug-likeness (QED) is 0.758. The van der Waals surface area contributed by atoms with Crippen LogP contribution in [0.25, 0.3) is 10.9 Å². The minimum atomic E-state index is -0.627. The Morgan fingerprint density at radius 2 is 1.67 bits per heavy atom. The maximum Gasteiger partial charge on any atom is 0.119 e. The van der Waals surface area contributed by atoms with E-state index in [-0.39, 0.29) is 6.10 Å². The third-order valence-electron chi connectivity index (χ3n) is 3.46. The van der Waals surface area contributed by atoms with Gasteiger partial charge in [0.25, 0.3) is 0 Å². The van der Waals surface area contributed by atoms with Gasteiger partial charge in [-0.25, -0.2) is 0 Å². The van der Waals surface area contributed by atoms with Crippen LogP contribution in [0.1, 0.15) is 31.1 Å². The highest BCUT2D eigenvalue weighted by atomic mass is 16.5. The molecule has 108 valence electrons. The summed E-state index contributed by atoms with van der Waals surface area (Å²) < 4.78 is 5.62. The van der Waals surface area contributed by atoms with Gasteiger partial charge in [0, 0.05) is 11.7 Å². The zero-order chi connectivity index (χ0) is 14.8. The van der Waals surface area contributed by atoms with E-state index in [9.17, 15) is 5.11 Å². The minimum Gasteiger partial charge on any atom is -0.491 e. The Kier molecular flexibility index (Phi) is 3.67. The smallest absolute Gasteiger partial charge is 0.119 e. The summed E-state index contributed by atoms with van der Waals surface area (Å²) in [6.45, 7) is 3.99. The molecule has 0 saturated carbocycles. The molecule has 0 aliphatic rings. The van der Waals surface area contributed by atoms with Crippen molar-refractivity contribution < 1.29 is 9.84 Å². The first kappa shape index (κ1) is 13.7. The molecule has 0 bridgehead atoms. The second-order valence-electron chi connectivity index (χ2n) is 5.46. The van der Waals surface area contributed by atoms with Crippen molar-refractivity contribution in [3.05, 3.63) is 65.9 Å². The highest BCUT2D eigenvalue weighted by molar-refractivity contribution is 5.80. The largest absolute Gasteiger partial charge is 0.491 e. The number of fused-ring (bicyclic) bond motifs is 1. The van der Waals surface area contributed by atoms with Crippen LogP contribution < -0.4 is 4.74 Å². The van der Waals surface area contributed by atoms with Crippen molar-refractivity contribution in [3.8, 4) is 5.75 Å². The Morgan fingerprint density at radius 3 is 2.38 bits per heavy atom. The number of aromatic nitrogens is 1. The van der Waals surface area contributed by atoms with Gasteiger partial charge in [-0.1, -0.05) is 18.2 Å². The summed E-state index contributed by atoms with van der Waals surface area (Å²) >= 11 is 0. The maximum atomic E-state index is 10.5. The van der Waals surface area contributed by atoms with Crippen LogP contribution in [0, 0.1) is 0 Å². The van der Waals surface area contributed by atoms with Gasteiger partial charge >= 0.3 is 0 Å². The second-order valence-corrected chi connectivity index (χ2v) is 5.46. The van der Waals surface area contributed by atoms with Crippen molar-refractivity contribution in [3.63, 3.8) is 0 Å². The first-order valence-electron chi connectivity index (χ1n) is 7.15. The van der Waals surface area contributed by atoms with Crippen molar-refractivity contribution in [2.45, 2.75) is 26.1 Å². The Bertz CT molecular complexity index is 728. The third-order valence-corrected chi connectivity index (χ3v) is 3.46. The van der Waals surface area contributed by atoms with Crippen molar-refractivity contribution in [2.75, 3.05) is 0 Å². The molecule has 3 nitrogen and oxygen atoms in total. The summed E-state index contributed by atoms with van der Waals surface area (Å²) in [7, 11) is 0. The Labute approximate surface area is 124 Å². The zero-order valence-corrected chi connectivity index (χ0v) is 12.2. The van der Waals surface area contributed by atoms with E-state index in [1.165, 1.54) is 0 Å². The van der Waals surface area contributed by atoms with Gasteiger partial charge in [0.2, 0.25) is 0 Å². The van der Waals surface area contributed by atoms with Crippen LogP contribution in [0.3, 0.4) is 0 Å². The van der Waals surface area contributed by atoms with Crippen LogP contribution in [0.5, 0.6) is 5.75 Å². The molecule has 2 aromatic carbocycles. The first-order valence-corrected chi connectivity index (χ1v) is 7.15. The molecule has 2 N–H and O–H groups in total. The average Bonchev–Trinajstić information content (AvgIpc) is 2.94. The lowest BCUT2D eigenvalue weighted by molar-refractivity contribution is 0.219. The molecule has 1 atom stereocenters. The highest BCUT2D eigenvalue weighted by Crippen LogP contribution is 2.26. The molecule has 0 spiro atoms. The standard InChI is InChI=1S/C18H19NO2/c1-12(2)21-16-6-3-13(4-7-16)18(20)15-5-8-17-14(11-15)9-10-19-17/h3-12,18-20H,1-2H3. The van der Waals surface area contributed by atoms with Gasteiger partial charge in [-0.15, -0.1) is 0 Å². The molecule has 3 aromatic rings. The lowest BCUT2D eigenvalue weighted by atomic mass is 10.0. The second kappa shape index (κ2) is 5.62. The number of aromatic amines is 1. The maximum absolute atomic E-state index is 10.5. The monoisotopic (exact) mass is 281 g/mol. The topological polar surface area (TPSA) is 45.2 Å². The molecule has 1 aromatic heterocycles. The molecule has 0 saturated heterocycles. The van der Waals surface area contributed by atoms with E-state index in [1.807, 2.05) is 68.6 Å². The summed E-state index contributed by atoms with van der Waals surface area (Å²) in [5.74, 6) is 0.821. The van der Waals surface area contributed by atoms with E-state index in [0.29, 0.717) is 0 Å². The van der Waals surface area contributed by atoms with Gasteiger partial charge in [-0.2, -0.15) is 0 Å². The zero-order valence-electron chi connectivity index (χ0n) is 12.2. The van der Waals surface area contributed by atoms with Gasteiger partial charge in [-0.3, -0.25) is 0 Å². The molecule has 1 unspecified atom stereocenters. The lowest BCUT2D eigenvalue weighted by Gasteiger charge is -2.14. The van der Waals surface area contributed by atoms with Crippen LogP contribution in [0.15, 0.2) is 54.7 Å². The van der Waals surface area contributed by atoms with Crippen LogP contribution in [-0.4, -0.2) is 16.2 Å². The first-order chi connectivity index (χ1) is 10.1. The van der Waals surface area contributed by atoms with Crippen LogP contribution in [0.2, 0.25) is 0 Å². The Morgan fingerprint density at radius 1 is 0.952 bits per heavy atom. The summed E-state index contributed by atoms with van der Waals surface area (Å²) in [5.41, 5.74) is 2.83. The predicted molar refractivity (Wildman–Crippen MR) is 84.6 cm³/mol. The molecule has 0 amide bonds. The van der Waals surface area contributed by atoms with Crippen LogP contribution >= 0.6 is 0 Å². The van der Waals surface area contributed by atoms with Gasteiger partial charge in [0.15, 0.2) is 0 Å². The normalized spacial score (nSPS) is 12.8. The van der Waals surface area contributed by atoms with Gasteiger partial charge in [-0.05, 0) is 60.7 Å². The van der Waals surface area contributed by atoms with Crippen molar-refractivity contribution in [1.82, 2.24) is 4.98 Å². The van der Waals surface area contributed by atoms with E-state index in [4.69, 9.17) is 4.74 Å². The fourth-order valence-electron chi connectivity index (χ4n) is 2.44.